The predicted octanol–water partition coefficient (Wildman–Crippen LogP) is 6.38. The van der Waals surface area contributed by atoms with Gasteiger partial charge in [0.05, 0.1) is 6.04 Å². The summed E-state index contributed by atoms with van der Waals surface area (Å²) in [5.74, 6) is 0.950. The van der Waals surface area contributed by atoms with Gasteiger partial charge < -0.3 is 14.7 Å². The first-order chi connectivity index (χ1) is 16.8. The number of halogens is 1. The monoisotopic (exact) mass is 476 g/mol. The maximum Gasteiger partial charge on any atom is 0.123 e. The largest absolute Gasteiger partial charge is 0.508 e. The molecule has 0 bridgehead atoms. The molecular formula is C30H37FN2O2. The Hall–Kier alpha value is -3.05. The second-order valence-corrected chi connectivity index (χ2v) is 9.94. The molecule has 3 aromatic rings. The molecule has 0 spiro atoms. The number of phenols is 1. The van der Waals surface area contributed by atoms with Gasteiger partial charge in [0, 0.05) is 30.9 Å². The molecule has 0 radical (unpaired) electrons. The predicted molar refractivity (Wildman–Crippen MR) is 141 cm³/mol. The minimum Gasteiger partial charge on any atom is -0.508 e. The molecule has 0 fully saturated rings. The zero-order valence-electron chi connectivity index (χ0n) is 21.2. The molecule has 0 saturated heterocycles. The highest BCUT2D eigenvalue weighted by Crippen LogP contribution is 2.37. The zero-order valence-corrected chi connectivity index (χ0v) is 21.2. The van der Waals surface area contributed by atoms with Gasteiger partial charge in [0.15, 0.2) is 0 Å². The lowest BCUT2D eigenvalue weighted by molar-refractivity contribution is 0.142. The van der Waals surface area contributed by atoms with Crippen LogP contribution in [0, 0.1) is 5.82 Å². The Morgan fingerprint density at radius 3 is 2.31 bits per heavy atom. The first-order valence-electron chi connectivity index (χ1n) is 12.6. The molecule has 3 aromatic carbocycles. The molecule has 1 heterocycles. The molecule has 0 saturated carbocycles. The summed E-state index contributed by atoms with van der Waals surface area (Å²) in [6.07, 6.45) is 1.65. The third-order valence-corrected chi connectivity index (χ3v) is 6.94. The van der Waals surface area contributed by atoms with Crippen LogP contribution in [0.4, 0.5) is 10.1 Å². The summed E-state index contributed by atoms with van der Waals surface area (Å²) in [5.41, 5.74) is 4.60. The average Bonchev–Trinajstić information content (AvgIpc) is 2.83. The van der Waals surface area contributed by atoms with Crippen molar-refractivity contribution in [3.05, 3.63) is 89.2 Å². The van der Waals surface area contributed by atoms with Gasteiger partial charge in [-0.25, -0.2) is 4.39 Å². The Morgan fingerprint density at radius 1 is 0.971 bits per heavy atom. The Morgan fingerprint density at radius 2 is 1.66 bits per heavy atom. The number of fused-ring (bicyclic) bond motifs is 1. The number of ether oxygens (including phenoxy) is 1. The molecule has 0 aromatic heterocycles. The van der Waals surface area contributed by atoms with Gasteiger partial charge in [-0.2, -0.15) is 0 Å². The highest BCUT2D eigenvalue weighted by Gasteiger charge is 2.28. The van der Waals surface area contributed by atoms with Crippen molar-refractivity contribution >= 4 is 5.69 Å². The van der Waals surface area contributed by atoms with Crippen LogP contribution in [0.5, 0.6) is 11.5 Å². The van der Waals surface area contributed by atoms with Gasteiger partial charge in [-0.1, -0.05) is 18.2 Å². The van der Waals surface area contributed by atoms with Crippen molar-refractivity contribution in [1.29, 1.82) is 0 Å². The third kappa shape index (κ3) is 6.15. The van der Waals surface area contributed by atoms with E-state index < -0.39 is 0 Å². The van der Waals surface area contributed by atoms with Crippen LogP contribution < -0.4 is 9.64 Å². The number of benzene rings is 3. The average molecular weight is 477 g/mol. The molecule has 1 N–H and O–H groups in total. The molecular weight excluding hydrogens is 439 g/mol. The summed E-state index contributed by atoms with van der Waals surface area (Å²) in [4.78, 5) is 4.77. The molecule has 1 aliphatic rings. The van der Waals surface area contributed by atoms with Crippen molar-refractivity contribution in [2.24, 2.45) is 0 Å². The standard InChI is InChI=1S/C30H37FN2O2/c1-21(2)32(22(3)4)17-18-35-28-12-5-23(6-13-28)19-30-29-14-11-27(34)20-24(29)15-16-33(30)26-9-7-25(31)8-10-26/h5-14,20-22,30,34H,15-19H2,1-4H3. The molecule has 186 valence electrons. The van der Waals surface area contributed by atoms with Crippen molar-refractivity contribution in [3.8, 4) is 11.5 Å². The van der Waals surface area contributed by atoms with E-state index in [2.05, 4.69) is 49.6 Å². The van der Waals surface area contributed by atoms with E-state index in [4.69, 9.17) is 4.74 Å². The van der Waals surface area contributed by atoms with Gasteiger partial charge in [-0.15, -0.1) is 0 Å². The van der Waals surface area contributed by atoms with Crippen LogP contribution in [0.25, 0.3) is 0 Å². The number of rotatable bonds is 9. The summed E-state index contributed by atoms with van der Waals surface area (Å²) >= 11 is 0. The fourth-order valence-corrected chi connectivity index (χ4v) is 5.19. The van der Waals surface area contributed by atoms with Gasteiger partial charge >= 0.3 is 0 Å². The van der Waals surface area contributed by atoms with Crippen LogP contribution in [-0.4, -0.2) is 41.8 Å². The zero-order chi connectivity index (χ0) is 24.9. The molecule has 4 nitrogen and oxygen atoms in total. The highest BCUT2D eigenvalue weighted by molar-refractivity contribution is 5.53. The maximum absolute atomic E-state index is 13.6. The van der Waals surface area contributed by atoms with E-state index >= 15 is 0 Å². The van der Waals surface area contributed by atoms with Crippen molar-refractivity contribution in [3.63, 3.8) is 0 Å². The van der Waals surface area contributed by atoms with E-state index in [-0.39, 0.29) is 11.9 Å². The van der Waals surface area contributed by atoms with Crippen molar-refractivity contribution in [1.82, 2.24) is 4.90 Å². The van der Waals surface area contributed by atoms with E-state index in [1.807, 2.05) is 36.4 Å². The van der Waals surface area contributed by atoms with Crippen LogP contribution in [0.15, 0.2) is 66.7 Å². The summed E-state index contributed by atoms with van der Waals surface area (Å²) in [7, 11) is 0. The van der Waals surface area contributed by atoms with Gasteiger partial charge in [0.2, 0.25) is 0 Å². The third-order valence-electron chi connectivity index (χ3n) is 6.94. The summed E-state index contributed by atoms with van der Waals surface area (Å²) < 4.78 is 19.6. The second kappa shape index (κ2) is 11.1. The molecule has 1 unspecified atom stereocenters. The maximum atomic E-state index is 13.6. The smallest absolute Gasteiger partial charge is 0.123 e. The van der Waals surface area contributed by atoms with Crippen molar-refractivity contribution < 1.29 is 14.2 Å². The minimum atomic E-state index is -0.229. The number of nitrogens with zero attached hydrogens (tertiary/aromatic N) is 2. The first kappa shape index (κ1) is 25.1. The first-order valence-corrected chi connectivity index (χ1v) is 12.6. The molecule has 0 aliphatic carbocycles. The number of phenolic OH excluding ortho intramolecular Hbond substituents is 1. The van der Waals surface area contributed by atoms with E-state index in [0.29, 0.717) is 24.4 Å². The van der Waals surface area contributed by atoms with Crippen LogP contribution in [0.1, 0.15) is 50.4 Å². The molecule has 1 aliphatic heterocycles. The minimum absolute atomic E-state index is 0.0993. The quantitative estimate of drug-likeness (QED) is 0.389. The second-order valence-electron chi connectivity index (χ2n) is 9.94. The van der Waals surface area contributed by atoms with Gasteiger partial charge in [0.25, 0.3) is 0 Å². The van der Waals surface area contributed by atoms with Crippen LogP contribution >= 0.6 is 0 Å². The summed E-state index contributed by atoms with van der Waals surface area (Å²) in [6.45, 7) is 11.2. The fraction of sp³-hybridized carbons (Fsp3) is 0.400. The molecule has 5 heteroatoms. The van der Waals surface area contributed by atoms with Crippen molar-refractivity contribution in [2.75, 3.05) is 24.6 Å². The van der Waals surface area contributed by atoms with Crippen molar-refractivity contribution in [2.45, 2.75) is 58.7 Å². The Labute approximate surface area is 209 Å². The lowest BCUT2D eigenvalue weighted by Crippen LogP contribution is -2.39. The SMILES string of the molecule is CC(C)N(CCOc1ccc(CC2c3ccc(O)cc3CCN2c2ccc(F)cc2)cc1)C(C)C. The van der Waals surface area contributed by atoms with Crippen LogP contribution in [-0.2, 0) is 12.8 Å². The van der Waals surface area contributed by atoms with E-state index in [1.54, 1.807) is 6.07 Å². The van der Waals surface area contributed by atoms with E-state index in [1.165, 1.54) is 28.8 Å². The Kier molecular flexibility index (Phi) is 7.97. The number of aromatic hydroxyl groups is 1. The van der Waals surface area contributed by atoms with Crippen LogP contribution in [0.3, 0.4) is 0 Å². The van der Waals surface area contributed by atoms with E-state index in [0.717, 1.165) is 37.4 Å². The number of hydrogen-bond acceptors (Lipinski definition) is 4. The molecule has 0 amide bonds. The number of anilines is 1. The summed E-state index contributed by atoms with van der Waals surface area (Å²) in [5, 5.41) is 10.0. The topological polar surface area (TPSA) is 35.9 Å². The lowest BCUT2D eigenvalue weighted by atomic mass is 9.88. The molecule has 4 rings (SSSR count). The fourth-order valence-electron chi connectivity index (χ4n) is 5.19. The van der Waals surface area contributed by atoms with E-state index in [9.17, 15) is 9.50 Å². The summed E-state index contributed by atoms with van der Waals surface area (Å²) in [6, 6.07) is 21.8. The van der Waals surface area contributed by atoms with Gasteiger partial charge in [0.1, 0.15) is 23.9 Å². The normalized spacial score (nSPS) is 15.7. The molecule has 1 atom stereocenters. The van der Waals surface area contributed by atoms with Gasteiger partial charge in [-0.05, 0) is 106 Å². The highest BCUT2D eigenvalue weighted by atomic mass is 19.1. The lowest BCUT2D eigenvalue weighted by Gasteiger charge is -2.39. The molecule has 35 heavy (non-hydrogen) atoms. The van der Waals surface area contributed by atoms with Gasteiger partial charge in [-0.3, -0.25) is 4.90 Å². The van der Waals surface area contributed by atoms with Crippen LogP contribution in [0.2, 0.25) is 0 Å². The Balaban J connectivity index is 1.49. The number of hydrogen-bond donors (Lipinski definition) is 1. The Bertz CT molecular complexity index is 1090.